The Morgan fingerprint density at radius 3 is 2.95 bits per heavy atom. The Morgan fingerprint density at radius 1 is 1.32 bits per heavy atom. The first kappa shape index (κ1) is 12.4. The molecule has 1 aromatic carbocycles. The highest BCUT2D eigenvalue weighted by molar-refractivity contribution is 5.58. The predicted octanol–water partition coefficient (Wildman–Crippen LogP) is 2.26. The van der Waals surface area contributed by atoms with Crippen molar-refractivity contribution < 1.29 is 4.52 Å². The van der Waals surface area contributed by atoms with Gasteiger partial charge >= 0.3 is 0 Å². The van der Waals surface area contributed by atoms with E-state index in [9.17, 15) is 0 Å². The molecule has 1 aliphatic rings. The minimum absolute atomic E-state index is 0.297. The molecule has 0 radical (unpaired) electrons. The van der Waals surface area contributed by atoms with Gasteiger partial charge in [-0.1, -0.05) is 35.5 Å². The maximum Gasteiger partial charge on any atom is 0.151 e. The van der Waals surface area contributed by atoms with Crippen LogP contribution in [0.5, 0.6) is 0 Å². The minimum Gasteiger partial charge on any atom is -0.359 e. The van der Waals surface area contributed by atoms with Gasteiger partial charge < -0.3 is 10.3 Å². The van der Waals surface area contributed by atoms with E-state index in [1.807, 2.05) is 36.4 Å². The van der Waals surface area contributed by atoms with Crippen LogP contribution < -0.4 is 5.73 Å². The van der Waals surface area contributed by atoms with Crippen molar-refractivity contribution in [3.05, 3.63) is 42.2 Å². The molecule has 4 nitrogen and oxygen atoms in total. The van der Waals surface area contributed by atoms with Crippen LogP contribution in [-0.4, -0.2) is 29.2 Å². The number of hydrogen-bond acceptors (Lipinski definition) is 4. The monoisotopic (exact) mass is 257 g/mol. The molecule has 0 bridgehead atoms. The van der Waals surface area contributed by atoms with Crippen molar-refractivity contribution >= 4 is 0 Å². The maximum absolute atomic E-state index is 5.99. The van der Waals surface area contributed by atoms with Crippen LogP contribution >= 0.6 is 0 Å². The number of likely N-dealkylation sites (tertiary alicyclic amines) is 1. The van der Waals surface area contributed by atoms with Crippen LogP contribution in [0.4, 0.5) is 0 Å². The molecule has 1 aromatic heterocycles. The zero-order valence-electron chi connectivity index (χ0n) is 11.0. The van der Waals surface area contributed by atoms with E-state index in [1.165, 1.54) is 6.42 Å². The van der Waals surface area contributed by atoms with Gasteiger partial charge in [-0.25, -0.2) is 0 Å². The van der Waals surface area contributed by atoms with Crippen LogP contribution in [0.3, 0.4) is 0 Å². The summed E-state index contributed by atoms with van der Waals surface area (Å²) in [5, 5.41) is 4.14. The summed E-state index contributed by atoms with van der Waals surface area (Å²) in [4.78, 5) is 2.34. The standard InChI is InChI=1S/C15H19N3O/c16-13-7-4-8-18(10-13)11-14-9-15(17-19-14)12-5-2-1-3-6-12/h1-3,5-6,9,13H,4,7-8,10-11,16H2/t13-/m1/s1. The van der Waals surface area contributed by atoms with Gasteiger partial charge in [0.2, 0.25) is 0 Å². The van der Waals surface area contributed by atoms with Gasteiger partial charge in [-0.05, 0) is 19.4 Å². The van der Waals surface area contributed by atoms with Crippen molar-refractivity contribution in [2.45, 2.75) is 25.4 Å². The fourth-order valence-electron chi connectivity index (χ4n) is 2.59. The molecule has 4 heteroatoms. The molecule has 2 N–H and O–H groups in total. The van der Waals surface area contributed by atoms with Crippen LogP contribution in [0.2, 0.25) is 0 Å². The Balaban J connectivity index is 1.68. The second-order valence-corrected chi connectivity index (χ2v) is 5.18. The lowest BCUT2D eigenvalue weighted by molar-refractivity contribution is 0.181. The third kappa shape index (κ3) is 3.03. The van der Waals surface area contributed by atoms with Crippen molar-refractivity contribution in [2.24, 2.45) is 5.73 Å². The first-order valence-corrected chi connectivity index (χ1v) is 6.80. The fourth-order valence-corrected chi connectivity index (χ4v) is 2.59. The Bertz CT molecular complexity index is 523. The number of nitrogens with two attached hydrogens (primary N) is 1. The summed E-state index contributed by atoms with van der Waals surface area (Å²) in [6, 6.07) is 12.4. The molecular formula is C15H19N3O. The van der Waals surface area contributed by atoms with Crippen molar-refractivity contribution in [2.75, 3.05) is 13.1 Å². The van der Waals surface area contributed by atoms with Gasteiger partial charge in [0.05, 0.1) is 6.54 Å². The van der Waals surface area contributed by atoms with E-state index in [-0.39, 0.29) is 0 Å². The number of hydrogen-bond donors (Lipinski definition) is 1. The number of nitrogens with zero attached hydrogens (tertiary/aromatic N) is 2. The van der Waals surface area contributed by atoms with Gasteiger partial charge in [-0.2, -0.15) is 0 Å². The molecule has 2 heterocycles. The SMILES string of the molecule is N[C@@H]1CCCN(Cc2cc(-c3ccccc3)no2)C1. The topological polar surface area (TPSA) is 55.3 Å². The second kappa shape index (κ2) is 5.55. The Labute approximate surface area is 113 Å². The van der Waals surface area contributed by atoms with Crippen molar-refractivity contribution in [1.29, 1.82) is 0 Å². The van der Waals surface area contributed by atoms with Gasteiger partial charge in [0.15, 0.2) is 5.76 Å². The van der Waals surface area contributed by atoms with Gasteiger partial charge in [0, 0.05) is 24.2 Å². The van der Waals surface area contributed by atoms with E-state index in [4.69, 9.17) is 10.3 Å². The van der Waals surface area contributed by atoms with Crippen LogP contribution in [0.15, 0.2) is 40.9 Å². The van der Waals surface area contributed by atoms with E-state index in [2.05, 4.69) is 10.1 Å². The third-order valence-corrected chi connectivity index (χ3v) is 3.55. The first-order valence-electron chi connectivity index (χ1n) is 6.80. The van der Waals surface area contributed by atoms with E-state index >= 15 is 0 Å². The molecular weight excluding hydrogens is 238 g/mol. The fraction of sp³-hybridized carbons (Fsp3) is 0.400. The average molecular weight is 257 g/mol. The smallest absolute Gasteiger partial charge is 0.151 e. The summed E-state index contributed by atoms with van der Waals surface area (Å²) in [6.45, 7) is 2.84. The molecule has 100 valence electrons. The lowest BCUT2D eigenvalue weighted by atomic mass is 10.1. The maximum atomic E-state index is 5.99. The zero-order chi connectivity index (χ0) is 13.1. The second-order valence-electron chi connectivity index (χ2n) is 5.18. The highest BCUT2D eigenvalue weighted by atomic mass is 16.5. The molecule has 1 atom stereocenters. The van der Waals surface area contributed by atoms with E-state index in [0.29, 0.717) is 6.04 Å². The van der Waals surface area contributed by atoms with E-state index in [0.717, 1.165) is 43.1 Å². The first-order chi connectivity index (χ1) is 9.31. The highest BCUT2D eigenvalue weighted by Gasteiger charge is 2.18. The molecule has 1 saturated heterocycles. The van der Waals surface area contributed by atoms with Gasteiger partial charge in [-0.15, -0.1) is 0 Å². The number of piperidine rings is 1. The molecule has 0 saturated carbocycles. The summed E-state index contributed by atoms with van der Waals surface area (Å²) >= 11 is 0. The van der Waals surface area contributed by atoms with Crippen molar-refractivity contribution in [3.63, 3.8) is 0 Å². The minimum atomic E-state index is 0.297. The number of aromatic nitrogens is 1. The summed E-state index contributed by atoms with van der Waals surface area (Å²) in [5.74, 6) is 0.910. The van der Waals surface area contributed by atoms with Crippen molar-refractivity contribution in [3.8, 4) is 11.3 Å². The molecule has 0 amide bonds. The highest BCUT2D eigenvalue weighted by Crippen LogP contribution is 2.20. The molecule has 2 aromatic rings. The lowest BCUT2D eigenvalue weighted by Crippen LogP contribution is -2.42. The van der Waals surface area contributed by atoms with Crippen molar-refractivity contribution in [1.82, 2.24) is 10.1 Å². The van der Waals surface area contributed by atoms with Crippen LogP contribution in [0.1, 0.15) is 18.6 Å². The lowest BCUT2D eigenvalue weighted by Gasteiger charge is -2.29. The summed E-state index contributed by atoms with van der Waals surface area (Å²) < 4.78 is 5.42. The Kier molecular flexibility index (Phi) is 3.62. The Morgan fingerprint density at radius 2 is 2.16 bits per heavy atom. The van der Waals surface area contributed by atoms with Gasteiger partial charge in [0.1, 0.15) is 5.69 Å². The normalized spacial score (nSPS) is 20.6. The third-order valence-electron chi connectivity index (χ3n) is 3.55. The van der Waals surface area contributed by atoms with Crippen LogP contribution in [0, 0.1) is 0 Å². The summed E-state index contributed by atoms with van der Waals surface area (Å²) in [5.41, 5.74) is 7.98. The van der Waals surface area contributed by atoms with E-state index in [1.54, 1.807) is 0 Å². The molecule has 3 rings (SSSR count). The largest absolute Gasteiger partial charge is 0.359 e. The van der Waals surface area contributed by atoms with Gasteiger partial charge in [0.25, 0.3) is 0 Å². The van der Waals surface area contributed by atoms with E-state index < -0.39 is 0 Å². The average Bonchev–Trinajstić information content (AvgIpc) is 2.88. The predicted molar refractivity (Wildman–Crippen MR) is 74.4 cm³/mol. The summed E-state index contributed by atoms with van der Waals surface area (Å²) in [6.07, 6.45) is 2.29. The zero-order valence-corrected chi connectivity index (χ0v) is 11.0. The molecule has 19 heavy (non-hydrogen) atoms. The van der Waals surface area contributed by atoms with Gasteiger partial charge in [-0.3, -0.25) is 4.90 Å². The Hall–Kier alpha value is -1.65. The van der Waals surface area contributed by atoms with Crippen LogP contribution in [-0.2, 0) is 6.54 Å². The van der Waals surface area contributed by atoms with Crippen LogP contribution in [0.25, 0.3) is 11.3 Å². The molecule has 1 fully saturated rings. The molecule has 0 aliphatic carbocycles. The molecule has 1 aliphatic heterocycles. The molecule has 0 spiro atoms. The molecule has 0 unspecified atom stereocenters. The quantitative estimate of drug-likeness (QED) is 0.916. The number of benzene rings is 1. The summed E-state index contributed by atoms with van der Waals surface area (Å²) in [7, 11) is 0. The number of rotatable bonds is 3.